The molecule has 0 aliphatic heterocycles. The van der Waals surface area contributed by atoms with Crippen molar-refractivity contribution in [2.24, 2.45) is 5.73 Å². The lowest BCUT2D eigenvalue weighted by atomic mass is 10.1. The summed E-state index contributed by atoms with van der Waals surface area (Å²) in [7, 11) is 0. The van der Waals surface area contributed by atoms with Crippen LogP contribution in [0.25, 0.3) is 0 Å². The summed E-state index contributed by atoms with van der Waals surface area (Å²) in [6.45, 7) is 3.56. The van der Waals surface area contributed by atoms with Gasteiger partial charge in [0.1, 0.15) is 0 Å². The standard InChI is InChI=1S/C8H17N3/c1-2-4-8(7-10)11-6-3-5-9/h8,11H,2-4,6-7,10H2,1H3. The molecule has 0 aliphatic carbocycles. The largest absolute Gasteiger partial charge is 0.329 e. The van der Waals surface area contributed by atoms with Crippen LogP contribution < -0.4 is 11.1 Å². The predicted octanol–water partition coefficient (Wildman–Crippen LogP) is 0.617. The number of nitriles is 1. The van der Waals surface area contributed by atoms with Crippen LogP contribution in [0.3, 0.4) is 0 Å². The highest BCUT2D eigenvalue weighted by atomic mass is 14.9. The van der Waals surface area contributed by atoms with Gasteiger partial charge < -0.3 is 11.1 Å². The van der Waals surface area contributed by atoms with Crippen molar-refractivity contribution < 1.29 is 0 Å². The Hall–Kier alpha value is -0.590. The topological polar surface area (TPSA) is 61.8 Å². The number of nitrogens with zero attached hydrogens (tertiary/aromatic N) is 1. The number of hydrogen-bond donors (Lipinski definition) is 2. The molecular weight excluding hydrogens is 138 g/mol. The van der Waals surface area contributed by atoms with E-state index in [0.717, 1.165) is 19.4 Å². The van der Waals surface area contributed by atoms with Gasteiger partial charge in [-0.25, -0.2) is 0 Å². The van der Waals surface area contributed by atoms with Crippen molar-refractivity contribution in [1.29, 1.82) is 5.26 Å². The van der Waals surface area contributed by atoms with E-state index in [1.54, 1.807) is 0 Å². The molecule has 0 aromatic carbocycles. The quantitative estimate of drug-likeness (QED) is 0.553. The summed E-state index contributed by atoms with van der Waals surface area (Å²) in [6.07, 6.45) is 2.81. The Kier molecular flexibility index (Phi) is 7.11. The lowest BCUT2D eigenvalue weighted by Crippen LogP contribution is -2.36. The Morgan fingerprint density at radius 3 is 2.82 bits per heavy atom. The third kappa shape index (κ3) is 5.84. The number of nitrogens with one attached hydrogen (secondary N) is 1. The lowest BCUT2D eigenvalue weighted by molar-refractivity contribution is 0.489. The molecule has 3 nitrogen and oxygen atoms in total. The molecule has 0 spiro atoms. The molecule has 3 heteroatoms. The van der Waals surface area contributed by atoms with Crippen molar-refractivity contribution in [1.82, 2.24) is 5.32 Å². The highest BCUT2D eigenvalue weighted by Gasteiger charge is 2.01. The summed E-state index contributed by atoms with van der Waals surface area (Å²) >= 11 is 0. The van der Waals surface area contributed by atoms with E-state index in [1.165, 1.54) is 0 Å². The number of rotatable bonds is 6. The van der Waals surface area contributed by atoms with Crippen LogP contribution in [-0.4, -0.2) is 19.1 Å². The summed E-state index contributed by atoms with van der Waals surface area (Å²) < 4.78 is 0. The van der Waals surface area contributed by atoms with Gasteiger partial charge in [-0.3, -0.25) is 0 Å². The molecule has 0 heterocycles. The normalized spacial score (nSPS) is 12.5. The molecule has 3 N–H and O–H groups in total. The fourth-order valence-electron chi connectivity index (χ4n) is 0.984. The Labute approximate surface area is 68.6 Å². The van der Waals surface area contributed by atoms with E-state index in [1.807, 2.05) is 0 Å². The van der Waals surface area contributed by atoms with Gasteiger partial charge in [0, 0.05) is 25.6 Å². The zero-order valence-corrected chi connectivity index (χ0v) is 7.14. The van der Waals surface area contributed by atoms with E-state index >= 15 is 0 Å². The minimum atomic E-state index is 0.397. The van der Waals surface area contributed by atoms with Crippen LogP contribution in [0, 0.1) is 11.3 Å². The number of hydrogen-bond acceptors (Lipinski definition) is 3. The predicted molar refractivity (Wildman–Crippen MR) is 46.0 cm³/mol. The Morgan fingerprint density at radius 2 is 2.36 bits per heavy atom. The third-order valence-electron chi connectivity index (χ3n) is 1.59. The SMILES string of the molecule is CCCC(CN)NCCC#N. The van der Waals surface area contributed by atoms with Gasteiger partial charge in [-0.2, -0.15) is 5.26 Å². The Balaban J connectivity index is 3.29. The van der Waals surface area contributed by atoms with Crippen LogP contribution in [0.2, 0.25) is 0 Å². The van der Waals surface area contributed by atoms with Crippen LogP contribution in [0.1, 0.15) is 26.2 Å². The van der Waals surface area contributed by atoms with Gasteiger partial charge in [-0.05, 0) is 6.42 Å². The Bertz CT molecular complexity index is 117. The van der Waals surface area contributed by atoms with E-state index in [0.29, 0.717) is 19.0 Å². The van der Waals surface area contributed by atoms with Crippen molar-refractivity contribution in [3.05, 3.63) is 0 Å². The molecule has 0 aromatic rings. The van der Waals surface area contributed by atoms with Crippen molar-refractivity contribution in [3.8, 4) is 6.07 Å². The minimum Gasteiger partial charge on any atom is -0.329 e. The maximum atomic E-state index is 8.26. The van der Waals surface area contributed by atoms with Gasteiger partial charge in [0.2, 0.25) is 0 Å². The summed E-state index contributed by atoms with van der Waals surface area (Å²) in [5.74, 6) is 0. The monoisotopic (exact) mass is 155 g/mol. The van der Waals surface area contributed by atoms with Gasteiger partial charge in [-0.1, -0.05) is 13.3 Å². The third-order valence-corrected chi connectivity index (χ3v) is 1.59. The van der Waals surface area contributed by atoms with Gasteiger partial charge in [0.25, 0.3) is 0 Å². The second kappa shape index (κ2) is 7.52. The average Bonchev–Trinajstić information content (AvgIpc) is 2.03. The molecule has 0 amide bonds. The number of nitrogens with two attached hydrogens (primary N) is 1. The maximum Gasteiger partial charge on any atom is 0.0635 e. The molecule has 64 valence electrons. The highest BCUT2D eigenvalue weighted by Crippen LogP contribution is 1.93. The first-order valence-corrected chi connectivity index (χ1v) is 4.15. The molecule has 1 unspecified atom stereocenters. The summed E-state index contributed by atoms with van der Waals surface area (Å²) in [5, 5.41) is 11.5. The van der Waals surface area contributed by atoms with Crippen molar-refractivity contribution in [3.63, 3.8) is 0 Å². The van der Waals surface area contributed by atoms with E-state index in [-0.39, 0.29) is 0 Å². The van der Waals surface area contributed by atoms with E-state index in [2.05, 4.69) is 18.3 Å². The smallest absolute Gasteiger partial charge is 0.0635 e. The maximum absolute atomic E-state index is 8.26. The fraction of sp³-hybridized carbons (Fsp3) is 0.875. The van der Waals surface area contributed by atoms with Crippen LogP contribution in [0.5, 0.6) is 0 Å². The minimum absolute atomic E-state index is 0.397. The van der Waals surface area contributed by atoms with Gasteiger partial charge in [-0.15, -0.1) is 0 Å². The molecule has 1 atom stereocenters. The molecule has 0 aromatic heterocycles. The molecule has 0 fully saturated rings. The van der Waals surface area contributed by atoms with Crippen molar-refractivity contribution in [2.75, 3.05) is 13.1 Å². The van der Waals surface area contributed by atoms with Crippen LogP contribution >= 0.6 is 0 Å². The lowest BCUT2D eigenvalue weighted by Gasteiger charge is -2.13. The first-order valence-electron chi connectivity index (χ1n) is 4.15. The Morgan fingerprint density at radius 1 is 1.64 bits per heavy atom. The molecular formula is C8H17N3. The second-order valence-electron chi connectivity index (χ2n) is 2.58. The van der Waals surface area contributed by atoms with E-state index in [4.69, 9.17) is 11.0 Å². The van der Waals surface area contributed by atoms with Crippen molar-refractivity contribution >= 4 is 0 Å². The highest BCUT2D eigenvalue weighted by molar-refractivity contribution is 4.73. The van der Waals surface area contributed by atoms with Crippen molar-refractivity contribution in [2.45, 2.75) is 32.2 Å². The molecule has 0 radical (unpaired) electrons. The van der Waals surface area contributed by atoms with Gasteiger partial charge in [0.15, 0.2) is 0 Å². The summed E-state index contributed by atoms with van der Waals surface area (Å²) in [4.78, 5) is 0. The summed E-state index contributed by atoms with van der Waals surface area (Å²) in [6, 6.07) is 2.48. The summed E-state index contributed by atoms with van der Waals surface area (Å²) in [5.41, 5.74) is 5.50. The molecule has 0 saturated carbocycles. The average molecular weight is 155 g/mol. The van der Waals surface area contributed by atoms with Crippen LogP contribution in [-0.2, 0) is 0 Å². The van der Waals surface area contributed by atoms with Crippen LogP contribution in [0.15, 0.2) is 0 Å². The van der Waals surface area contributed by atoms with Gasteiger partial charge >= 0.3 is 0 Å². The van der Waals surface area contributed by atoms with Crippen LogP contribution in [0.4, 0.5) is 0 Å². The molecule has 0 saturated heterocycles. The zero-order valence-electron chi connectivity index (χ0n) is 7.14. The molecule has 0 aliphatic rings. The molecule has 0 bridgehead atoms. The van der Waals surface area contributed by atoms with E-state index < -0.39 is 0 Å². The molecule has 11 heavy (non-hydrogen) atoms. The van der Waals surface area contributed by atoms with E-state index in [9.17, 15) is 0 Å². The fourth-order valence-corrected chi connectivity index (χ4v) is 0.984. The van der Waals surface area contributed by atoms with Gasteiger partial charge in [0.05, 0.1) is 6.07 Å². The first kappa shape index (κ1) is 10.4. The first-order chi connectivity index (χ1) is 5.35. The molecule has 0 rings (SSSR count). The zero-order chi connectivity index (χ0) is 8.53. The second-order valence-corrected chi connectivity index (χ2v) is 2.58.